The summed E-state index contributed by atoms with van der Waals surface area (Å²) in [5.41, 5.74) is 0.733. The van der Waals surface area contributed by atoms with Crippen LogP contribution in [0, 0.1) is 0 Å². The van der Waals surface area contributed by atoms with Crippen LogP contribution in [-0.2, 0) is 16.0 Å². The highest BCUT2D eigenvalue weighted by molar-refractivity contribution is 5.73. The highest BCUT2D eigenvalue weighted by Crippen LogP contribution is 2.23. The molecule has 0 bridgehead atoms. The summed E-state index contributed by atoms with van der Waals surface area (Å²) >= 11 is 0. The molecule has 0 radical (unpaired) electrons. The number of hydrogen-bond donors (Lipinski definition) is 2. The molecule has 158 valence electrons. The van der Waals surface area contributed by atoms with Crippen molar-refractivity contribution in [1.82, 2.24) is 25.0 Å². The molecule has 2 aromatic heterocycles. The van der Waals surface area contributed by atoms with Crippen LogP contribution < -0.4 is 4.90 Å². The Morgan fingerprint density at radius 1 is 1.14 bits per heavy atom. The van der Waals surface area contributed by atoms with Gasteiger partial charge in [-0.25, -0.2) is 19.4 Å². The number of nitrogens with zero attached hydrogens (tertiary/aromatic N) is 6. The first-order chi connectivity index (χ1) is 13.7. The van der Waals surface area contributed by atoms with Crippen LogP contribution in [0.25, 0.3) is 0 Å². The van der Waals surface area contributed by atoms with Gasteiger partial charge in [-0.15, -0.1) is 5.10 Å². The van der Waals surface area contributed by atoms with E-state index in [2.05, 4.69) is 25.2 Å². The monoisotopic (exact) mass is 416 g/mol. The molecule has 0 amide bonds. The molecular formula is C16H19F3N6O4. The van der Waals surface area contributed by atoms with Gasteiger partial charge in [-0.2, -0.15) is 13.2 Å². The molecule has 13 heteroatoms. The molecule has 0 unspecified atom stereocenters. The van der Waals surface area contributed by atoms with Crippen LogP contribution in [0.1, 0.15) is 31.0 Å². The Bertz CT molecular complexity index is 806. The summed E-state index contributed by atoms with van der Waals surface area (Å²) in [5.74, 6) is -2.81. The minimum atomic E-state index is -5.08. The first-order valence-electron chi connectivity index (χ1n) is 8.61. The standard InChI is InChI=1S/C14H18N6O2.C2HF3O2/c21-13(22)3-2-11-10-20(18-17-11)12-4-8-19(9-5-12)14-15-6-1-7-16-14;3-2(4,5)1(6)7/h1,6-7,10,12H,2-5,8-9H2,(H,21,22);(H,6,7). The first kappa shape index (κ1) is 22.0. The number of piperidine rings is 1. The Hall–Kier alpha value is -3.25. The lowest BCUT2D eigenvalue weighted by Crippen LogP contribution is -2.35. The number of anilines is 1. The first-order valence-corrected chi connectivity index (χ1v) is 8.61. The third kappa shape index (κ3) is 7.01. The van der Waals surface area contributed by atoms with E-state index in [1.54, 1.807) is 12.4 Å². The second-order valence-corrected chi connectivity index (χ2v) is 6.15. The Morgan fingerprint density at radius 2 is 1.72 bits per heavy atom. The van der Waals surface area contributed by atoms with Gasteiger partial charge in [-0.05, 0) is 18.9 Å². The van der Waals surface area contributed by atoms with E-state index in [-0.39, 0.29) is 6.42 Å². The minimum absolute atomic E-state index is 0.0858. The number of alkyl halides is 3. The lowest BCUT2D eigenvalue weighted by molar-refractivity contribution is -0.192. The fourth-order valence-corrected chi connectivity index (χ4v) is 2.63. The summed E-state index contributed by atoms with van der Waals surface area (Å²) in [6.07, 6.45) is 2.68. The summed E-state index contributed by atoms with van der Waals surface area (Å²) < 4.78 is 33.6. The van der Waals surface area contributed by atoms with Crippen LogP contribution in [-0.4, -0.2) is 66.4 Å². The smallest absolute Gasteiger partial charge is 0.481 e. The molecule has 0 spiro atoms. The van der Waals surface area contributed by atoms with Crippen LogP contribution in [0.3, 0.4) is 0 Å². The number of hydrogen-bond acceptors (Lipinski definition) is 7. The van der Waals surface area contributed by atoms with Crippen LogP contribution in [0.2, 0.25) is 0 Å². The molecule has 3 rings (SSSR count). The van der Waals surface area contributed by atoms with E-state index in [9.17, 15) is 18.0 Å². The molecule has 0 aromatic carbocycles. The predicted octanol–water partition coefficient (Wildman–Crippen LogP) is 1.56. The van der Waals surface area contributed by atoms with Crippen LogP contribution >= 0.6 is 0 Å². The van der Waals surface area contributed by atoms with Gasteiger partial charge in [-0.1, -0.05) is 5.21 Å². The molecule has 0 saturated carbocycles. The molecule has 1 saturated heterocycles. The number of carbonyl (C=O) groups is 2. The largest absolute Gasteiger partial charge is 0.490 e. The SMILES string of the molecule is O=C(O)C(F)(F)F.O=C(O)CCc1cn(C2CCN(c3ncccn3)CC2)nn1. The lowest BCUT2D eigenvalue weighted by atomic mass is 10.1. The van der Waals surface area contributed by atoms with E-state index in [1.807, 2.05) is 16.9 Å². The molecule has 1 fully saturated rings. The highest BCUT2D eigenvalue weighted by Gasteiger charge is 2.38. The van der Waals surface area contributed by atoms with Crippen LogP contribution in [0.4, 0.5) is 19.1 Å². The van der Waals surface area contributed by atoms with Crippen molar-refractivity contribution >= 4 is 17.9 Å². The van der Waals surface area contributed by atoms with Gasteiger partial charge in [-0.3, -0.25) is 4.79 Å². The fraction of sp³-hybridized carbons (Fsp3) is 0.500. The van der Waals surface area contributed by atoms with E-state index in [0.29, 0.717) is 12.5 Å². The molecular weight excluding hydrogens is 397 g/mol. The Morgan fingerprint density at radius 3 is 2.24 bits per heavy atom. The van der Waals surface area contributed by atoms with Crippen LogP contribution in [0.15, 0.2) is 24.7 Å². The summed E-state index contributed by atoms with van der Waals surface area (Å²) in [5, 5.41) is 24.0. The van der Waals surface area contributed by atoms with Gasteiger partial charge in [0.05, 0.1) is 18.2 Å². The number of rotatable bonds is 5. The average Bonchev–Trinajstić information content (AvgIpc) is 3.16. The Balaban J connectivity index is 0.000000370. The van der Waals surface area contributed by atoms with E-state index in [4.69, 9.17) is 15.0 Å². The number of carboxylic acids is 2. The van der Waals surface area contributed by atoms with Gasteiger partial charge in [0.15, 0.2) is 0 Å². The van der Waals surface area contributed by atoms with Crippen LogP contribution in [0.5, 0.6) is 0 Å². The summed E-state index contributed by atoms with van der Waals surface area (Å²) in [4.78, 5) is 30.2. The number of aryl methyl sites for hydroxylation is 1. The maximum absolute atomic E-state index is 10.6. The number of halogens is 3. The van der Waals surface area contributed by atoms with Crippen molar-refractivity contribution in [2.45, 2.75) is 37.9 Å². The van der Waals surface area contributed by atoms with Crippen molar-refractivity contribution in [1.29, 1.82) is 0 Å². The highest BCUT2D eigenvalue weighted by atomic mass is 19.4. The topological polar surface area (TPSA) is 134 Å². The van der Waals surface area contributed by atoms with Crippen molar-refractivity contribution in [3.63, 3.8) is 0 Å². The fourth-order valence-electron chi connectivity index (χ4n) is 2.63. The average molecular weight is 416 g/mol. The Kier molecular flexibility index (Phi) is 7.45. The number of aliphatic carboxylic acids is 2. The molecule has 29 heavy (non-hydrogen) atoms. The normalized spacial score (nSPS) is 14.8. The van der Waals surface area contributed by atoms with Crippen molar-refractivity contribution < 1.29 is 33.0 Å². The summed E-state index contributed by atoms with van der Waals surface area (Å²) in [7, 11) is 0. The molecule has 2 N–H and O–H groups in total. The molecule has 1 aliphatic rings. The quantitative estimate of drug-likeness (QED) is 0.744. The van der Waals surface area contributed by atoms with Crippen molar-refractivity contribution in [2.75, 3.05) is 18.0 Å². The second kappa shape index (κ2) is 9.80. The van der Waals surface area contributed by atoms with Gasteiger partial charge in [0.25, 0.3) is 0 Å². The summed E-state index contributed by atoms with van der Waals surface area (Å²) in [6.45, 7) is 1.75. The zero-order chi connectivity index (χ0) is 21.4. The van der Waals surface area contributed by atoms with Crippen molar-refractivity contribution in [3.8, 4) is 0 Å². The van der Waals surface area contributed by atoms with E-state index >= 15 is 0 Å². The lowest BCUT2D eigenvalue weighted by Gasteiger charge is -2.31. The molecule has 1 aliphatic heterocycles. The molecule has 0 aliphatic carbocycles. The minimum Gasteiger partial charge on any atom is -0.481 e. The van der Waals surface area contributed by atoms with Gasteiger partial charge in [0.1, 0.15) is 0 Å². The molecule has 2 aromatic rings. The maximum Gasteiger partial charge on any atom is 0.490 e. The number of aromatic nitrogens is 5. The summed E-state index contributed by atoms with van der Waals surface area (Å²) in [6, 6.07) is 2.11. The van der Waals surface area contributed by atoms with Gasteiger partial charge >= 0.3 is 18.1 Å². The van der Waals surface area contributed by atoms with Gasteiger partial charge in [0, 0.05) is 38.1 Å². The van der Waals surface area contributed by atoms with Gasteiger partial charge < -0.3 is 15.1 Å². The third-order valence-corrected chi connectivity index (χ3v) is 4.07. The van der Waals surface area contributed by atoms with E-state index in [0.717, 1.165) is 37.6 Å². The van der Waals surface area contributed by atoms with Gasteiger partial charge in [0.2, 0.25) is 5.95 Å². The molecule has 3 heterocycles. The molecule has 10 nitrogen and oxygen atoms in total. The molecule has 0 atom stereocenters. The van der Waals surface area contributed by atoms with E-state index < -0.39 is 18.1 Å². The third-order valence-electron chi connectivity index (χ3n) is 4.07. The Labute approximate surface area is 163 Å². The van der Waals surface area contributed by atoms with Crippen molar-refractivity contribution in [2.24, 2.45) is 0 Å². The maximum atomic E-state index is 10.6. The zero-order valence-corrected chi connectivity index (χ0v) is 15.2. The zero-order valence-electron chi connectivity index (χ0n) is 15.2. The van der Waals surface area contributed by atoms with E-state index in [1.165, 1.54) is 0 Å². The van der Waals surface area contributed by atoms with Crippen molar-refractivity contribution in [3.05, 3.63) is 30.4 Å². The number of carboxylic acid groups (broad SMARTS) is 2. The predicted molar refractivity (Wildman–Crippen MR) is 92.2 cm³/mol. The second-order valence-electron chi connectivity index (χ2n) is 6.15.